The average molecular weight is 592 g/mol. The van der Waals surface area contributed by atoms with Gasteiger partial charge in [0.1, 0.15) is 16.8 Å². The summed E-state index contributed by atoms with van der Waals surface area (Å²) in [6, 6.07) is 19.0. The van der Waals surface area contributed by atoms with E-state index < -0.39 is 17.2 Å². The Morgan fingerprint density at radius 1 is 1.11 bits per heavy atom. The highest BCUT2D eigenvalue weighted by Crippen LogP contribution is 2.47. The number of aromatic nitrogens is 2. The van der Waals surface area contributed by atoms with Gasteiger partial charge < -0.3 is 24.4 Å². The number of halogens is 1. The van der Waals surface area contributed by atoms with E-state index in [2.05, 4.69) is 22.2 Å². The molecule has 0 radical (unpaired) electrons. The van der Waals surface area contributed by atoms with Crippen molar-refractivity contribution in [3.63, 3.8) is 0 Å². The monoisotopic (exact) mass is 591 g/mol. The molecule has 1 fully saturated rings. The summed E-state index contributed by atoms with van der Waals surface area (Å²) >= 11 is 0. The summed E-state index contributed by atoms with van der Waals surface area (Å²) in [7, 11) is 3.78. The first-order valence-corrected chi connectivity index (χ1v) is 15.1. The van der Waals surface area contributed by atoms with Gasteiger partial charge in [0.15, 0.2) is 17.3 Å². The van der Waals surface area contributed by atoms with Crippen LogP contribution in [-0.2, 0) is 6.42 Å². The summed E-state index contributed by atoms with van der Waals surface area (Å²) in [6.45, 7) is 1.99. The Hall–Kier alpha value is -4.76. The highest BCUT2D eigenvalue weighted by Gasteiger charge is 2.30. The first kappa shape index (κ1) is 28.0. The van der Waals surface area contributed by atoms with E-state index in [-0.39, 0.29) is 22.4 Å². The van der Waals surface area contributed by atoms with Gasteiger partial charge in [-0.15, -0.1) is 0 Å². The molecule has 1 saturated heterocycles. The van der Waals surface area contributed by atoms with Gasteiger partial charge in [0.2, 0.25) is 5.43 Å². The molecular weight excluding hydrogens is 557 g/mol. The van der Waals surface area contributed by atoms with Gasteiger partial charge in [-0.1, -0.05) is 36.4 Å². The van der Waals surface area contributed by atoms with Gasteiger partial charge in [-0.25, -0.2) is 4.39 Å². The van der Waals surface area contributed by atoms with Gasteiger partial charge in [0.25, 0.3) is 5.91 Å². The molecule has 4 heterocycles. The van der Waals surface area contributed by atoms with Crippen molar-refractivity contribution >= 4 is 33.3 Å². The normalized spacial score (nSPS) is 15.8. The van der Waals surface area contributed by atoms with Crippen molar-refractivity contribution in [1.29, 1.82) is 0 Å². The topological polar surface area (TPSA) is 79.7 Å². The van der Waals surface area contributed by atoms with E-state index in [1.54, 1.807) is 19.4 Å². The first-order chi connectivity index (χ1) is 21.4. The van der Waals surface area contributed by atoms with Crippen molar-refractivity contribution in [1.82, 2.24) is 19.4 Å². The summed E-state index contributed by atoms with van der Waals surface area (Å²) in [4.78, 5) is 35.8. The number of likely N-dealkylation sites (tertiary alicyclic amines) is 1. The van der Waals surface area contributed by atoms with Gasteiger partial charge in [-0.2, -0.15) is 0 Å². The van der Waals surface area contributed by atoms with Crippen molar-refractivity contribution < 1.29 is 13.9 Å². The number of nitrogens with zero attached hydrogens (tertiary/aromatic N) is 4. The van der Waals surface area contributed by atoms with Crippen LogP contribution in [0.25, 0.3) is 27.4 Å². The molecule has 224 valence electrons. The predicted molar refractivity (Wildman–Crippen MR) is 171 cm³/mol. The molecule has 1 unspecified atom stereocenters. The first-order valence-electron chi connectivity index (χ1n) is 15.1. The van der Waals surface area contributed by atoms with E-state index >= 15 is 4.39 Å². The number of carbonyl (C=O) groups excluding carboxylic acids is 1. The van der Waals surface area contributed by atoms with Gasteiger partial charge in [0.05, 0.1) is 11.1 Å². The number of ether oxygens (including phenoxy) is 1. The number of pyridine rings is 2. The Morgan fingerprint density at radius 3 is 2.75 bits per heavy atom. The Balaban J connectivity index is 1.33. The second-order valence-corrected chi connectivity index (χ2v) is 11.7. The molecule has 2 aromatic heterocycles. The van der Waals surface area contributed by atoms with Crippen LogP contribution in [0.1, 0.15) is 35.3 Å². The predicted octanol–water partition coefficient (Wildman–Crippen LogP) is 5.99. The lowest BCUT2D eigenvalue weighted by Crippen LogP contribution is -2.33. The highest BCUT2D eigenvalue weighted by molar-refractivity contribution is 6.03. The minimum Gasteiger partial charge on any atom is -0.450 e. The third-order valence-corrected chi connectivity index (χ3v) is 8.98. The van der Waals surface area contributed by atoms with Crippen LogP contribution in [0, 0.1) is 5.82 Å². The lowest BCUT2D eigenvalue weighted by Gasteiger charge is -2.28. The molecule has 9 heteroatoms. The lowest BCUT2D eigenvalue weighted by atomic mass is 10.0. The van der Waals surface area contributed by atoms with Crippen LogP contribution < -0.4 is 15.5 Å². The van der Waals surface area contributed by atoms with E-state index in [0.717, 1.165) is 42.3 Å². The maximum absolute atomic E-state index is 16.0. The lowest BCUT2D eigenvalue weighted by molar-refractivity contribution is 0.0794. The maximum Gasteiger partial charge on any atom is 0.259 e. The molecule has 2 aliphatic heterocycles. The van der Waals surface area contributed by atoms with Crippen molar-refractivity contribution in [3.05, 3.63) is 100 Å². The molecule has 7 rings (SSSR count). The third kappa shape index (κ3) is 4.87. The number of rotatable bonds is 8. The fourth-order valence-electron chi connectivity index (χ4n) is 6.51. The molecular formula is C35H34FN5O3. The summed E-state index contributed by atoms with van der Waals surface area (Å²) in [5.74, 6) is -0.224. The summed E-state index contributed by atoms with van der Waals surface area (Å²) in [5, 5.41) is 5.21. The molecule has 3 aromatic carbocycles. The summed E-state index contributed by atoms with van der Waals surface area (Å²) < 4.78 is 24.3. The fraction of sp³-hybridized carbons (Fsp3) is 0.286. The van der Waals surface area contributed by atoms with Crippen LogP contribution in [0.3, 0.4) is 0 Å². The van der Waals surface area contributed by atoms with Crippen molar-refractivity contribution in [2.75, 3.05) is 39.0 Å². The summed E-state index contributed by atoms with van der Waals surface area (Å²) in [6.07, 6.45) is 6.97. The van der Waals surface area contributed by atoms with Gasteiger partial charge >= 0.3 is 0 Å². The van der Waals surface area contributed by atoms with E-state index in [1.165, 1.54) is 11.0 Å². The second kappa shape index (κ2) is 11.4. The van der Waals surface area contributed by atoms with E-state index in [0.29, 0.717) is 42.5 Å². The van der Waals surface area contributed by atoms with Crippen LogP contribution in [0.2, 0.25) is 0 Å². The number of nitrogens with one attached hydrogen (secondary N) is 1. The molecule has 1 N–H and O–H groups in total. The molecule has 1 atom stereocenters. The third-order valence-electron chi connectivity index (χ3n) is 8.98. The fourth-order valence-corrected chi connectivity index (χ4v) is 6.51. The zero-order chi connectivity index (χ0) is 30.4. The largest absolute Gasteiger partial charge is 0.450 e. The number of anilines is 1. The molecule has 1 amide bonds. The highest BCUT2D eigenvalue weighted by atomic mass is 19.1. The van der Waals surface area contributed by atoms with Gasteiger partial charge in [-0.3, -0.25) is 14.6 Å². The van der Waals surface area contributed by atoms with E-state index in [1.807, 2.05) is 59.2 Å². The quantitative estimate of drug-likeness (QED) is 0.234. The molecule has 0 spiro atoms. The molecule has 0 saturated carbocycles. The minimum atomic E-state index is -0.590. The number of carbonyl (C=O) groups is 1. The minimum absolute atomic E-state index is 0.0302. The number of hydrogen-bond donors (Lipinski definition) is 1. The standard InChI is InChI=1S/C35H34FN5O3/c1-39-18-7-10-24(39)14-17-38-30-28(36)20-26-31-34(30)44-33-25-11-4-3-8-22(25)12-13-29(33)41(31)21-27(32(26)42)35(43)40(2)19-15-23-9-5-6-16-37-23/h3-6,8-9,11-13,16,20-21,24,38H,7,10,14-15,17-19H2,1-2H3. The molecule has 44 heavy (non-hydrogen) atoms. The average Bonchev–Trinajstić information content (AvgIpc) is 3.46. The van der Waals surface area contributed by atoms with Crippen LogP contribution in [0.5, 0.6) is 11.5 Å². The zero-order valence-electron chi connectivity index (χ0n) is 24.8. The molecule has 5 aromatic rings. The maximum atomic E-state index is 16.0. The molecule has 8 nitrogen and oxygen atoms in total. The summed E-state index contributed by atoms with van der Waals surface area (Å²) in [5.41, 5.74) is 1.62. The zero-order valence-corrected chi connectivity index (χ0v) is 24.8. The van der Waals surface area contributed by atoms with Gasteiger partial charge in [0, 0.05) is 56.1 Å². The Morgan fingerprint density at radius 2 is 1.95 bits per heavy atom. The molecule has 0 bridgehead atoms. The van der Waals surface area contributed by atoms with Crippen molar-refractivity contribution in [2.24, 2.45) is 0 Å². The number of amides is 1. The number of hydrogen-bond acceptors (Lipinski definition) is 6. The van der Waals surface area contributed by atoms with Gasteiger partial charge in [-0.05, 0) is 62.5 Å². The Bertz CT molecular complexity index is 1960. The number of benzene rings is 3. The van der Waals surface area contributed by atoms with Crippen LogP contribution in [-0.4, -0.2) is 65.0 Å². The van der Waals surface area contributed by atoms with E-state index in [4.69, 9.17) is 4.74 Å². The smallest absolute Gasteiger partial charge is 0.259 e. The van der Waals surface area contributed by atoms with Crippen LogP contribution in [0.4, 0.5) is 10.1 Å². The second-order valence-electron chi connectivity index (χ2n) is 11.7. The van der Waals surface area contributed by atoms with Crippen LogP contribution in [0.15, 0.2) is 77.9 Å². The van der Waals surface area contributed by atoms with Crippen LogP contribution >= 0.6 is 0 Å². The Kier molecular flexibility index (Phi) is 7.26. The molecule has 0 aliphatic carbocycles. The SMILES string of the molecule is CN(CCc1ccccn1)C(=O)c1cn2c3c(c(NCCC4CCCN4C)c(F)cc3c1=O)Oc1c-2ccc2ccccc12. The Labute approximate surface area is 254 Å². The molecule has 2 aliphatic rings. The van der Waals surface area contributed by atoms with E-state index in [9.17, 15) is 9.59 Å². The van der Waals surface area contributed by atoms with Crippen molar-refractivity contribution in [3.8, 4) is 17.2 Å². The van der Waals surface area contributed by atoms with Crippen molar-refractivity contribution in [2.45, 2.75) is 31.7 Å². The number of likely N-dealkylation sites (N-methyl/N-ethyl adjacent to an activating group) is 1. The number of fused-ring (bicyclic) bond motifs is 4.